The summed E-state index contributed by atoms with van der Waals surface area (Å²) in [4.78, 5) is 18.7. The Bertz CT molecular complexity index is 1040. The largest absolute Gasteiger partial charge is 0.508 e. The second-order valence-electron chi connectivity index (χ2n) is 6.31. The third kappa shape index (κ3) is 3.35. The van der Waals surface area contributed by atoms with Gasteiger partial charge in [0.05, 0.1) is 20.8 Å². The molecular formula is C19H20N4O3S. The average Bonchev–Trinajstić information content (AvgIpc) is 3.34. The number of anilines is 1. The molecule has 3 N–H and O–H groups in total. The number of hydrogen-bond donors (Lipinski definition) is 3. The highest BCUT2D eigenvalue weighted by Gasteiger charge is 2.19. The monoisotopic (exact) mass is 384 g/mol. The van der Waals surface area contributed by atoms with Gasteiger partial charge in [-0.1, -0.05) is 6.92 Å². The molecule has 0 spiro atoms. The normalized spacial score (nSPS) is 16.1. The number of carbonyl (C=O) groups excluding carboxylic acids is 1. The number of aromatic hydroxyl groups is 1. The van der Waals surface area contributed by atoms with E-state index < -0.39 is 0 Å². The first-order valence-corrected chi connectivity index (χ1v) is 9.60. The van der Waals surface area contributed by atoms with Crippen LogP contribution in [-0.4, -0.2) is 26.8 Å². The van der Waals surface area contributed by atoms with Crippen LogP contribution in [0.15, 0.2) is 36.5 Å². The zero-order valence-electron chi connectivity index (χ0n) is 15.0. The Balaban J connectivity index is 1.59. The van der Waals surface area contributed by atoms with Crippen molar-refractivity contribution < 1.29 is 14.6 Å². The van der Waals surface area contributed by atoms with Crippen molar-refractivity contribution in [3.05, 3.63) is 46.3 Å². The third-order valence-corrected chi connectivity index (χ3v) is 5.33. The highest BCUT2D eigenvalue weighted by Crippen LogP contribution is 2.29. The Kier molecular flexibility index (Phi) is 4.49. The summed E-state index contributed by atoms with van der Waals surface area (Å²) in [7, 11) is 0. The predicted octanol–water partition coefficient (Wildman–Crippen LogP) is 3.73. The molecule has 1 atom stereocenters. The van der Waals surface area contributed by atoms with Crippen LogP contribution in [0.25, 0.3) is 16.8 Å². The molecule has 3 aromatic rings. The summed E-state index contributed by atoms with van der Waals surface area (Å²) >= 11 is 1.37. The van der Waals surface area contributed by atoms with Gasteiger partial charge >= 0.3 is 0 Å². The number of carbonyl (C=O) groups is 1. The topological polar surface area (TPSA) is 88.4 Å². The van der Waals surface area contributed by atoms with E-state index in [1.807, 2.05) is 29.8 Å². The fourth-order valence-corrected chi connectivity index (χ4v) is 3.86. The molecule has 0 fully saturated rings. The van der Waals surface area contributed by atoms with Gasteiger partial charge in [0.15, 0.2) is 12.0 Å². The van der Waals surface area contributed by atoms with Crippen molar-refractivity contribution in [2.75, 3.05) is 5.32 Å². The number of aromatic nitrogens is 2. The molecule has 0 saturated carbocycles. The molecule has 140 valence electrons. The highest BCUT2D eigenvalue weighted by molar-refractivity contribution is 7.15. The number of nitrogens with one attached hydrogen (secondary N) is 2. The smallest absolute Gasteiger partial charge is 0.268 e. The summed E-state index contributed by atoms with van der Waals surface area (Å²) in [6, 6.07) is 8.68. The second kappa shape index (κ2) is 6.96. The number of aryl methyl sites for hydroxylation is 1. The number of hydrogen-bond acceptors (Lipinski definition) is 6. The fourth-order valence-electron chi connectivity index (χ4n) is 3.00. The summed E-state index contributed by atoms with van der Waals surface area (Å²) < 4.78 is 7.60. The summed E-state index contributed by atoms with van der Waals surface area (Å²) in [5, 5.41) is 15.7. The molecule has 0 saturated heterocycles. The number of phenolic OH excluding ortho intramolecular Hbond substituents is 1. The lowest BCUT2D eigenvalue weighted by molar-refractivity contribution is 0.102. The van der Waals surface area contributed by atoms with Crippen LogP contribution in [0.5, 0.6) is 5.75 Å². The number of phenols is 1. The van der Waals surface area contributed by atoms with E-state index in [1.54, 1.807) is 18.2 Å². The molecule has 8 heteroatoms. The van der Waals surface area contributed by atoms with E-state index in [0.29, 0.717) is 16.3 Å². The van der Waals surface area contributed by atoms with E-state index >= 15 is 0 Å². The fraction of sp³-hybridized carbons (Fsp3) is 0.263. The molecule has 2 aromatic heterocycles. The van der Waals surface area contributed by atoms with Crippen molar-refractivity contribution in [3.63, 3.8) is 0 Å². The first kappa shape index (κ1) is 17.4. The van der Waals surface area contributed by atoms with Crippen LogP contribution in [0.3, 0.4) is 0 Å². The number of rotatable bonds is 5. The lowest BCUT2D eigenvalue weighted by atomic mass is 10.3. The van der Waals surface area contributed by atoms with Crippen molar-refractivity contribution in [1.29, 1.82) is 0 Å². The van der Waals surface area contributed by atoms with Crippen LogP contribution < -0.4 is 10.6 Å². The number of nitrogens with zero attached hydrogens (tertiary/aromatic N) is 2. The molecule has 1 aliphatic rings. The zero-order chi connectivity index (χ0) is 19.0. The Labute approximate surface area is 160 Å². The van der Waals surface area contributed by atoms with Crippen LogP contribution in [0.4, 0.5) is 5.95 Å². The minimum atomic E-state index is -0.220. The molecule has 27 heavy (non-hydrogen) atoms. The van der Waals surface area contributed by atoms with E-state index in [4.69, 9.17) is 4.74 Å². The van der Waals surface area contributed by atoms with Gasteiger partial charge in [0, 0.05) is 18.8 Å². The Hall–Kier alpha value is -3.00. The molecule has 3 heterocycles. The van der Waals surface area contributed by atoms with Crippen LogP contribution in [0.1, 0.15) is 34.8 Å². The molecule has 1 aliphatic heterocycles. The van der Waals surface area contributed by atoms with Gasteiger partial charge < -0.3 is 19.7 Å². The van der Waals surface area contributed by atoms with E-state index in [1.165, 1.54) is 11.3 Å². The van der Waals surface area contributed by atoms with Gasteiger partial charge in [0.1, 0.15) is 5.75 Å². The molecule has 7 nitrogen and oxygen atoms in total. The van der Waals surface area contributed by atoms with E-state index in [9.17, 15) is 9.90 Å². The Morgan fingerprint density at radius 2 is 2.26 bits per heavy atom. The maximum atomic E-state index is 12.7. The van der Waals surface area contributed by atoms with Crippen molar-refractivity contribution in [2.24, 2.45) is 0 Å². The standard InChI is InChI=1S/C19H20N4O3S/c1-3-8-23-14-5-4-12(24)9-13(14)21-19(23)22-18(25)17-7-6-16(27-17)15-10-20-11(2)26-15/h4-7,9-11,20,24H,3,8H2,1-2H3,(H,21,22,25). The number of benzene rings is 1. The van der Waals surface area contributed by atoms with Crippen molar-refractivity contribution in [1.82, 2.24) is 14.9 Å². The van der Waals surface area contributed by atoms with Crippen LogP contribution in [0.2, 0.25) is 0 Å². The van der Waals surface area contributed by atoms with Gasteiger partial charge in [0.25, 0.3) is 5.91 Å². The highest BCUT2D eigenvalue weighted by atomic mass is 32.1. The van der Waals surface area contributed by atoms with Crippen LogP contribution in [0, 0.1) is 0 Å². The van der Waals surface area contributed by atoms with Gasteiger partial charge in [-0.2, -0.15) is 0 Å². The molecule has 0 aliphatic carbocycles. The minimum absolute atomic E-state index is 0.0651. The SMILES string of the molecule is CCCn1c(NC(=O)c2ccc(C3=CNC(C)O3)s2)nc2cc(O)ccc21. The number of thiophene rings is 1. The maximum Gasteiger partial charge on any atom is 0.268 e. The Morgan fingerprint density at radius 1 is 1.41 bits per heavy atom. The molecule has 0 radical (unpaired) electrons. The molecule has 1 amide bonds. The zero-order valence-corrected chi connectivity index (χ0v) is 15.8. The van der Waals surface area contributed by atoms with Gasteiger partial charge in [0.2, 0.25) is 5.95 Å². The summed E-state index contributed by atoms with van der Waals surface area (Å²) in [5.41, 5.74) is 1.52. The van der Waals surface area contributed by atoms with Gasteiger partial charge in [-0.3, -0.25) is 10.1 Å². The van der Waals surface area contributed by atoms with Crippen LogP contribution >= 0.6 is 11.3 Å². The van der Waals surface area contributed by atoms with Crippen LogP contribution in [-0.2, 0) is 11.3 Å². The second-order valence-corrected chi connectivity index (χ2v) is 7.40. The summed E-state index contributed by atoms with van der Waals surface area (Å²) in [6.07, 6.45) is 2.64. The maximum absolute atomic E-state index is 12.7. The lowest BCUT2D eigenvalue weighted by Crippen LogP contribution is -2.15. The van der Waals surface area contributed by atoms with Gasteiger partial charge in [-0.05, 0) is 37.6 Å². The molecule has 1 unspecified atom stereocenters. The third-order valence-electron chi connectivity index (χ3n) is 4.23. The van der Waals surface area contributed by atoms with E-state index in [0.717, 1.165) is 29.1 Å². The first-order valence-electron chi connectivity index (χ1n) is 8.79. The molecule has 0 bridgehead atoms. The van der Waals surface area contributed by atoms with Crippen molar-refractivity contribution >= 4 is 40.0 Å². The molecule has 4 rings (SSSR count). The summed E-state index contributed by atoms with van der Waals surface area (Å²) in [6.45, 7) is 4.70. The first-order chi connectivity index (χ1) is 13.0. The van der Waals surface area contributed by atoms with E-state index in [-0.39, 0.29) is 17.9 Å². The number of ether oxygens (including phenoxy) is 1. The number of amides is 1. The number of imidazole rings is 1. The summed E-state index contributed by atoms with van der Waals surface area (Å²) in [5.74, 6) is 1.14. The molecular weight excluding hydrogens is 364 g/mol. The van der Waals surface area contributed by atoms with E-state index in [2.05, 4.69) is 22.5 Å². The van der Waals surface area contributed by atoms with Gasteiger partial charge in [-0.15, -0.1) is 11.3 Å². The Morgan fingerprint density at radius 3 is 3.00 bits per heavy atom. The van der Waals surface area contributed by atoms with Crippen molar-refractivity contribution in [3.8, 4) is 5.75 Å². The van der Waals surface area contributed by atoms with Crippen molar-refractivity contribution in [2.45, 2.75) is 33.0 Å². The minimum Gasteiger partial charge on any atom is -0.508 e. The quantitative estimate of drug-likeness (QED) is 0.624. The van der Waals surface area contributed by atoms with Gasteiger partial charge in [-0.25, -0.2) is 4.98 Å². The predicted molar refractivity (Wildman–Crippen MR) is 106 cm³/mol. The number of fused-ring (bicyclic) bond motifs is 1. The lowest BCUT2D eigenvalue weighted by Gasteiger charge is -2.08. The molecule has 1 aromatic carbocycles. The average molecular weight is 384 g/mol.